The quantitative estimate of drug-likeness (QED) is 0.478. The van der Waals surface area contributed by atoms with Crippen LogP contribution in [0.15, 0.2) is 36.4 Å². The molecule has 0 spiro atoms. The molecule has 0 radical (unpaired) electrons. The van der Waals surface area contributed by atoms with Crippen molar-refractivity contribution < 1.29 is 23.6 Å². The van der Waals surface area contributed by atoms with Crippen LogP contribution >= 0.6 is 23.2 Å². The molecular formula is C15H9Cl2FN2O5. The molecule has 0 aliphatic rings. The first-order chi connectivity index (χ1) is 11.8. The molecule has 0 aliphatic heterocycles. The second kappa shape index (κ2) is 7.91. The summed E-state index contributed by atoms with van der Waals surface area (Å²) in [6, 6.07) is 6.76. The molecule has 0 bridgehead atoms. The van der Waals surface area contributed by atoms with Crippen LogP contribution in [0.2, 0.25) is 10.0 Å². The molecule has 0 heterocycles. The van der Waals surface area contributed by atoms with Gasteiger partial charge in [-0.05, 0) is 24.3 Å². The highest BCUT2D eigenvalue weighted by molar-refractivity contribution is 6.33. The fraction of sp³-hybridized carbons (Fsp3) is 0.0667. The fourth-order valence-corrected chi connectivity index (χ4v) is 2.20. The third-order valence-electron chi connectivity index (χ3n) is 2.92. The van der Waals surface area contributed by atoms with Crippen LogP contribution in [0, 0.1) is 15.9 Å². The summed E-state index contributed by atoms with van der Waals surface area (Å²) in [7, 11) is 0. The van der Waals surface area contributed by atoms with Crippen LogP contribution in [0.5, 0.6) is 0 Å². The maximum atomic E-state index is 13.0. The molecule has 0 saturated heterocycles. The number of hydrogen-bond acceptors (Lipinski definition) is 5. The smallest absolute Gasteiger partial charge is 0.340 e. The Kier molecular flexibility index (Phi) is 5.89. The highest BCUT2D eigenvalue weighted by Gasteiger charge is 2.17. The molecule has 0 aromatic heterocycles. The largest absolute Gasteiger partial charge is 0.452 e. The van der Waals surface area contributed by atoms with Gasteiger partial charge in [-0.15, -0.1) is 0 Å². The van der Waals surface area contributed by atoms with Crippen molar-refractivity contribution in [3.8, 4) is 0 Å². The number of nitrogens with zero attached hydrogens (tertiary/aromatic N) is 1. The molecule has 130 valence electrons. The second-order valence-corrected chi connectivity index (χ2v) is 5.49. The third-order valence-corrected chi connectivity index (χ3v) is 3.52. The molecule has 25 heavy (non-hydrogen) atoms. The van der Waals surface area contributed by atoms with E-state index in [-0.39, 0.29) is 27.0 Å². The van der Waals surface area contributed by atoms with E-state index in [1.807, 2.05) is 0 Å². The molecule has 2 aromatic rings. The summed E-state index contributed by atoms with van der Waals surface area (Å²) in [5.74, 6) is -2.25. The zero-order valence-electron chi connectivity index (χ0n) is 12.3. The Morgan fingerprint density at radius 1 is 1.16 bits per heavy atom. The van der Waals surface area contributed by atoms with Gasteiger partial charge in [0.15, 0.2) is 6.61 Å². The number of benzene rings is 2. The van der Waals surface area contributed by atoms with Gasteiger partial charge in [0.2, 0.25) is 0 Å². The summed E-state index contributed by atoms with van der Waals surface area (Å²) < 4.78 is 17.8. The number of rotatable bonds is 5. The zero-order chi connectivity index (χ0) is 18.6. The average molecular weight is 387 g/mol. The van der Waals surface area contributed by atoms with Crippen LogP contribution in [0.1, 0.15) is 10.4 Å². The van der Waals surface area contributed by atoms with Crippen molar-refractivity contribution >= 4 is 46.5 Å². The Hall–Kier alpha value is -2.71. The molecule has 10 heteroatoms. The van der Waals surface area contributed by atoms with E-state index in [2.05, 4.69) is 5.32 Å². The molecule has 0 aliphatic carbocycles. The van der Waals surface area contributed by atoms with E-state index < -0.39 is 29.2 Å². The van der Waals surface area contributed by atoms with Crippen molar-refractivity contribution in [1.82, 2.24) is 0 Å². The minimum atomic E-state index is -0.924. The number of nitro benzene ring substituents is 1. The lowest BCUT2D eigenvalue weighted by Crippen LogP contribution is -2.21. The van der Waals surface area contributed by atoms with Crippen molar-refractivity contribution in [2.45, 2.75) is 0 Å². The number of anilines is 1. The van der Waals surface area contributed by atoms with Gasteiger partial charge in [0.05, 0.1) is 20.5 Å². The number of hydrogen-bond donors (Lipinski definition) is 1. The van der Waals surface area contributed by atoms with Crippen LogP contribution in [0.4, 0.5) is 15.8 Å². The summed E-state index contributed by atoms with van der Waals surface area (Å²) in [6.07, 6.45) is 0. The lowest BCUT2D eigenvalue weighted by molar-refractivity contribution is -0.384. The van der Waals surface area contributed by atoms with E-state index in [0.29, 0.717) is 0 Å². The minimum Gasteiger partial charge on any atom is -0.452 e. The van der Waals surface area contributed by atoms with Crippen LogP contribution in [-0.4, -0.2) is 23.4 Å². The SMILES string of the molecule is O=C(COC(=O)c1ccc([N+](=O)[O-])cc1Cl)Nc1ccc(F)c(Cl)c1. The first-order valence-corrected chi connectivity index (χ1v) is 7.39. The molecule has 0 saturated carbocycles. The second-order valence-electron chi connectivity index (χ2n) is 4.67. The van der Waals surface area contributed by atoms with Crippen molar-refractivity contribution in [2.75, 3.05) is 11.9 Å². The molecule has 1 amide bonds. The van der Waals surface area contributed by atoms with E-state index in [9.17, 15) is 24.1 Å². The molecular weight excluding hydrogens is 378 g/mol. The standard InChI is InChI=1S/C15H9Cl2FN2O5/c16-11-6-9(20(23)24)2-3-10(11)15(22)25-7-14(21)19-8-1-4-13(18)12(17)5-8/h1-6H,7H2,(H,19,21). The molecule has 2 rings (SSSR count). The summed E-state index contributed by atoms with van der Waals surface area (Å²) in [5.41, 5.74) is -0.182. The predicted octanol–water partition coefficient (Wildman–Crippen LogP) is 3.84. The van der Waals surface area contributed by atoms with Gasteiger partial charge in [-0.25, -0.2) is 9.18 Å². The number of nitro groups is 1. The van der Waals surface area contributed by atoms with Gasteiger partial charge in [0.1, 0.15) is 5.82 Å². The lowest BCUT2D eigenvalue weighted by Gasteiger charge is -2.08. The number of nitrogens with one attached hydrogen (secondary N) is 1. The van der Waals surface area contributed by atoms with Crippen LogP contribution in [-0.2, 0) is 9.53 Å². The van der Waals surface area contributed by atoms with Gasteiger partial charge >= 0.3 is 5.97 Å². The fourth-order valence-electron chi connectivity index (χ4n) is 1.76. The first kappa shape index (κ1) is 18.6. The van der Waals surface area contributed by atoms with Gasteiger partial charge in [0, 0.05) is 17.8 Å². The maximum absolute atomic E-state index is 13.0. The van der Waals surface area contributed by atoms with E-state index in [1.165, 1.54) is 12.1 Å². The molecule has 1 N–H and O–H groups in total. The average Bonchev–Trinajstić information content (AvgIpc) is 2.56. The lowest BCUT2D eigenvalue weighted by atomic mass is 10.2. The van der Waals surface area contributed by atoms with Gasteiger partial charge in [-0.1, -0.05) is 23.2 Å². The summed E-state index contributed by atoms with van der Waals surface area (Å²) >= 11 is 11.4. The monoisotopic (exact) mass is 386 g/mol. The van der Waals surface area contributed by atoms with Crippen molar-refractivity contribution in [3.05, 3.63) is 67.9 Å². The van der Waals surface area contributed by atoms with E-state index in [1.54, 1.807) is 0 Å². The zero-order valence-corrected chi connectivity index (χ0v) is 13.8. The topological polar surface area (TPSA) is 98.5 Å². The van der Waals surface area contributed by atoms with E-state index >= 15 is 0 Å². The molecule has 2 aromatic carbocycles. The highest BCUT2D eigenvalue weighted by atomic mass is 35.5. The number of halogens is 3. The molecule has 0 unspecified atom stereocenters. The number of esters is 1. The van der Waals surface area contributed by atoms with Crippen LogP contribution < -0.4 is 5.32 Å². The number of ether oxygens (including phenoxy) is 1. The maximum Gasteiger partial charge on any atom is 0.340 e. The van der Waals surface area contributed by atoms with Crippen LogP contribution in [0.3, 0.4) is 0 Å². The van der Waals surface area contributed by atoms with E-state index in [0.717, 1.165) is 24.3 Å². The Labute approximate surface area is 150 Å². The normalized spacial score (nSPS) is 10.2. The number of non-ortho nitro benzene ring substituents is 1. The Balaban J connectivity index is 1.96. The van der Waals surface area contributed by atoms with Crippen molar-refractivity contribution in [1.29, 1.82) is 0 Å². The molecule has 0 fully saturated rings. The molecule has 0 atom stereocenters. The van der Waals surface area contributed by atoms with Gasteiger partial charge in [0.25, 0.3) is 11.6 Å². The Bertz CT molecular complexity index is 860. The Morgan fingerprint density at radius 3 is 2.48 bits per heavy atom. The highest BCUT2D eigenvalue weighted by Crippen LogP contribution is 2.23. The third kappa shape index (κ3) is 4.88. The van der Waals surface area contributed by atoms with Crippen molar-refractivity contribution in [3.63, 3.8) is 0 Å². The summed E-state index contributed by atoms with van der Waals surface area (Å²) in [4.78, 5) is 33.5. The summed E-state index contributed by atoms with van der Waals surface area (Å²) in [6.45, 7) is -0.638. The van der Waals surface area contributed by atoms with Gasteiger partial charge < -0.3 is 10.1 Å². The molecule has 7 nitrogen and oxygen atoms in total. The number of amides is 1. The van der Waals surface area contributed by atoms with Gasteiger partial charge in [-0.2, -0.15) is 0 Å². The van der Waals surface area contributed by atoms with E-state index in [4.69, 9.17) is 27.9 Å². The first-order valence-electron chi connectivity index (χ1n) is 6.64. The minimum absolute atomic E-state index is 0.120. The van der Waals surface area contributed by atoms with Crippen LogP contribution in [0.25, 0.3) is 0 Å². The van der Waals surface area contributed by atoms with Crippen molar-refractivity contribution in [2.24, 2.45) is 0 Å². The Morgan fingerprint density at radius 2 is 1.88 bits per heavy atom. The number of carbonyl (C=O) groups is 2. The van der Waals surface area contributed by atoms with Gasteiger partial charge in [-0.3, -0.25) is 14.9 Å². The summed E-state index contributed by atoms with van der Waals surface area (Å²) in [5, 5.41) is 12.6. The predicted molar refractivity (Wildman–Crippen MR) is 88.4 cm³/mol. The number of carbonyl (C=O) groups excluding carboxylic acids is 2.